The van der Waals surface area contributed by atoms with Crippen LogP contribution < -0.4 is 0 Å². The molecule has 102 valence electrons. The SMILES string of the molecule is COC[C@H](O)CN1CCCCC[C@H]1c1ccco1. The maximum Gasteiger partial charge on any atom is 0.120 e. The van der Waals surface area contributed by atoms with Crippen molar-refractivity contribution < 1.29 is 14.3 Å². The lowest BCUT2D eigenvalue weighted by Crippen LogP contribution is -2.37. The molecule has 4 nitrogen and oxygen atoms in total. The summed E-state index contributed by atoms with van der Waals surface area (Å²) < 4.78 is 10.5. The molecule has 1 aromatic rings. The molecular weight excluding hydrogens is 230 g/mol. The summed E-state index contributed by atoms with van der Waals surface area (Å²) in [6.07, 6.45) is 6.08. The van der Waals surface area contributed by atoms with Crippen LogP contribution in [0, 0.1) is 0 Å². The van der Waals surface area contributed by atoms with Crippen molar-refractivity contribution in [2.24, 2.45) is 0 Å². The Morgan fingerprint density at radius 3 is 3.11 bits per heavy atom. The van der Waals surface area contributed by atoms with Crippen LogP contribution in [-0.4, -0.2) is 42.9 Å². The van der Waals surface area contributed by atoms with E-state index >= 15 is 0 Å². The second-order valence-electron chi connectivity index (χ2n) is 4.98. The molecule has 0 aliphatic carbocycles. The quantitative estimate of drug-likeness (QED) is 0.874. The number of ether oxygens (including phenoxy) is 1. The summed E-state index contributed by atoms with van der Waals surface area (Å²) in [4.78, 5) is 2.33. The van der Waals surface area contributed by atoms with E-state index in [1.807, 2.05) is 12.1 Å². The Kier molecular flexibility index (Phi) is 5.23. The third-order valence-electron chi connectivity index (χ3n) is 3.54. The second-order valence-corrected chi connectivity index (χ2v) is 4.98. The van der Waals surface area contributed by atoms with Gasteiger partial charge in [-0.1, -0.05) is 12.8 Å². The standard InChI is InChI=1S/C14H23NO3/c1-17-11-12(16)10-15-8-4-2-3-6-13(15)14-7-5-9-18-14/h5,7,9,12-13,16H,2-4,6,8,10-11H2,1H3/t12-,13+/m1/s1. The first-order valence-electron chi connectivity index (χ1n) is 6.75. The molecule has 1 N–H and O–H groups in total. The molecule has 0 radical (unpaired) electrons. The molecule has 18 heavy (non-hydrogen) atoms. The number of likely N-dealkylation sites (tertiary alicyclic amines) is 1. The van der Waals surface area contributed by atoms with Crippen LogP contribution in [0.2, 0.25) is 0 Å². The fraction of sp³-hybridized carbons (Fsp3) is 0.714. The molecule has 4 heteroatoms. The van der Waals surface area contributed by atoms with E-state index in [1.54, 1.807) is 13.4 Å². The van der Waals surface area contributed by atoms with Crippen molar-refractivity contribution >= 4 is 0 Å². The maximum absolute atomic E-state index is 9.91. The highest BCUT2D eigenvalue weighted by molar-refractivity contribution is 5.05. The highest BCUT2D eigenvalue weighted by Crippen LogP contribution is 2.30. The normalized spacial score (nSPS) is 23.8. The van der Waals surface area contributed by atoms with Crippen molar-refractivity contribution in [3.05, 3.63) is 24.2 Å². The number of nitrogens with zero attached hydrogens (tertiary/aromatic N) is 1. The Labute approximate surface area is 109 Å². The average molecular weight is 253 g/mol. The monoisotopic (exact) mass is 253 g/mol. The van der Waals surface area contributed by atoms with Gasteiger partial charge >= 0.3 is 0 Å². The largest absolute Gasteiger partial charge is 0.468 e. The van der Waals surface area contributed by atoms with Gasteiger partial charge in [-0.15, -0.1) is 0 Å². The molecule has 2 heterocycles. The predicted octanol–water partition coefficient (Wildman–Crippen LogP) is 2.20. The Morgan fingerprint density at radius 2 is 2.39 bits per heavy atom. The average Bonchev–Trinajstić information content (AvgIpc) is 2.78. The first-order valence-corrected chi connectivity index (χ1v) is 6.75. The molecule has 1 fully saturated rings. The van der Waals surface area contributed by atoms with E-state index in [0.717, 1.165) is 18.7 Å². The van der Waals surface area contributed by atoms with Crippen LogP contribution in [0.15, 0.2) is 22.8 Å². The second kappa shape index (κ2) is 6.92. The van der Waals surface area contributed by atoms with Crippen molar-refractivity contribution in [2.75, 3.05) is 26.8 Å². The van der Waals surface area contributed by atoms with Gasteiger partial charge < -0.3 is 14.3 Å². The number of aliphatic hydroxyl groups excluding tert-OH is 1. The molecule has 1 aliphatic heterocycles. The summed E-state index contributed by atoms with van der Waals surface area (Å²) in [6.45, 7) is 2.06. The fourth-order valence-corrected chi connectivity index (χ4v) is 2.71. The van der Waals surface area contributed by atoms with Crippen LogP contribution in [0.4, 0.5) is 0 Å². The van der Waals surface area contributed by atoms with E-state index in [4.69, 9.17) is 9.15 Å². The van der Waals surface area contributed by atoms with Crippen LogP contribution >= 0.6 is 0 Å². The number of hydrogen-bond donors (Lipinski definition) is 1. The van der Waals surface area contributed by atoms with E-state index < -0.39 is 6.10 Å². The molecule has 2 rings (SSSR count). The number of β-amino-alcohol motifs (C(OH)–C–C–N with tert-alkyl or cyclic N) is 1. The van der Waals surface area contributed by atoms with E-state index in [9.17, 15) is 5.11 Å². The fourth-order valence-electron chi connectivity index (χ4n) is 2.71. The van der Waals surface area contributed by atoms with Gasteiger partial charge in [0.25, 0.3) is 0 Å². The molecule has 1 aliphatic rings. The van der Waals surface area contributed by atoms with Gasteiger partial charge in [0.05, 0.1) is 25.0 Å². The maximum atomic E-state index is 9.91. The van der Waals surface area contributed by atoms with Crippen molar-refractivity contribution in [3.8, 4) is 0 Å². The smallest absolute Gasteiger partial charge is 0.120 e. The Bertz CT molecular complexity index is 326. The van der Waals surface area contributed by atoms with Crippen LogP contribution in [-0.2, 0) is 4.74 Å². The zero-order valence-corrected chi connectivity index (χ0v) is 11.0. The minimum atomic E-state index is -0.425. The molecule has 0 unspecified atom stereocenters. The predicted molar refractivity (Wildman–Crippen MR) is 69.4 cm³/mol. The van der Waals surface area contributed by atoms with Gasteiger partial charge in [-0.05, 0) is 31.5 Å². The number of hydrogen-bond acceptors (Lipinski definition) is 4. The van der Waals surface area contributed by atoms with Gasteiger partial charge in [0.1, 0.15) is 5.76 Å². The van der Waals surface area contributed by atoms with Crippen molar-refractivity contribution in [1.29, 1.82) is 0 Å². The van der Waals surface area contributed by atoms with E-state index in [-0.39, 0.29) is 0 Å². The number of methoxy groups -OCH3 is 1. The van der Waals surface area contributed by atoms with Gasteiger partial charge in [0.15, 0.2) is 0 Å². The lowest BCUT2D eigenvalue weighted by atomic mass is 10.1. The molecule has 0 amide bonds. The zero-order valence-electron chi connectivity index (χ0n) is 11.0. The molecule has 0 saturated carbocycles. The summed E-state index contributed by atoms with van der Waals surface area (Å²) in [7, 11) is 1.62. The van der Waals surface area contributed by atoms with Crippen molar-refractivity contribution in [2.45, 2.75) is 37.8 Å². The summed E-state index contributed by atoms with van der Waals surface area (Å²) in [5.74, 6) is 1.02. The van der Waals surface area contributed by atoms with Crippen LogP contribution in [0.25, 0.3) is 0 Å². The van der Waals surface area contributed by atoms with Crippen LogP contribution in [0.5, 0.6) is 0 Å². The van der Waals surface area contributed by atoms with E-state index in [1.165, 1.54) is 19.3 Å². The molecular formula is C14H23NO3. The summed E-state index contributed by atoms with van der Waals surface area (Å²) in [5.41, 5.74) is 0. The molecule has 1 aromatic heterocycles. The highest BCUT2D eigenvalue weighted by atomic mass is 16.5. The van der Waals surface area contributed by atoms with Gasteiger partial charge in [-0.3, -0.25) is 4.90 Å². The number of rotatable bonds is 5. The molecule has 1 saturated heterocycles. The summed E-state index contributed by atoms with van der Waals surface area (Å²) in [5, 5.41) is 9.91. The molecule has 0 aromatic carbocycles. The van der Waals surface area contributed by atoms with Gasteiger partial charge in [0, 0.05) is 13.7 Å². The molecule has 2 atom stereocenters. The van der Waals surface area contributed by atoms with Gasteiger partial charge in [0.2, 0.25) is 0 Å². The molecule has 0 bridgehead atoms. The first-order chi connectivity index (χ1) is 8.81. The lowest BCUT2D eigenvalue weighted by Gasteiger charge is -2.30. The third-order valence-corrected chi connectivity index (χ3v) is 3.54. The van der Waals surface area contributed by atoms with Crippen LogP contribution in [0.3, 0.4) is 0 Å². The van der Waals surface area contributed by atoms with Crippen molar-refractivity contribution in [3.63, 3.8) is 0 Å². The topological polar surface area (TPSA) is 45.8 Å². The minimum Gasteiger partial charge on any atom is -0.468 e. The zero-order chi connectivity index (χ0) is 12.8. The number of aliphatic hydroxyl groups is 1. The molecule has 0 spiro atoms. The van der Waals surface area contributed by atoms with Crippen LogP contribution in [0.1, 0.15) is 37.5 Å². The van der Waals surface area contributed by atoms with Crippen molar-refractivity contribution in [1.82, 2.24) is 4.90 Å². The Balaban J connectivity index is 2.02. The van der Waals surface area contributed by atoms with Gasteiger partial charge in [-0.25, -0.2) is 0 Å². The first kappa shape index (κ1) is 13.6. The third kappa shape index (κ3) is 3.57. The number of furan rings is 1. The van der Waals surface area contributed by atoms with Gasteiger partial charge in [-0.2, -0.15) is 0 Å². The summed E-state index contributed by atoms with van der Waals surface area (Å²) >= 11 is 0. The minimum absolute atomic E-state index is 0.300. The highest BCUT2D eigenvalue weighted by Gasteiger charge is 2.26. The van der Waals surface area contributed by atoms with E-state index in [2.05, 4.69) is 4.90 Å². The lowest BCUT2D eigenvalue weighted by molar-refractivity contribution is 0.0241. The summed E-state index contributed by atoms with van der Waals surface area (Å²) in [6, 6.07) is 4.27. The van der Waals surface area contributed by atoms with E-state index in [0.29, 0.717) is 19.2 Å². The Morgan fingerprint density at radius 1 is 1.50 bits per heavy atom. The Hall–Kier alpha value is -0.840.